The predicted molar refractivity (Wildman–Crippen MR) is 81.7 cm³/mol. The van der Waals surface area contributed by atoms with E-state index in [0.717, 1.165) is 0 Å². The highest BCUT2D eigenvalue weighted by molar-refractivity contribution is 6.93. The van der Waals surface area contributed by atoms with Gasteiger partial charge in [0, 0.05) is 0 Å². The van der Waals surface area contributed by atoms with Crippen LogP contribution in [0.25, 0.3) is 0 Å². The van der Waals surface area contributed by atoms with Crippen LogP contribution >= 0.6 is 0 Å². The molecule has 0 fully saturated rings. The summed E-state index contributed by atoms with van der Waals surface area (Å²) in [6.45, 7) is 12.2. The van der Waals surface area contributed by atoms with Gasteiger partial charge in [0.05, 0.1) is 8.07 Å². The lowest BCUT2D eigenvalue weighted by Gasteiger charge is -2.45. The van der Waals surface area contributed by atoms with Crippen LogP contribution in [0.2, 0.25) is 17.6 Å². The van der Waals surface area contributed by atoms with Gasteiger partial charge < -0.3 is 0 Å². The molecule has 0 N–H and O–H groups in total. The number of rotatable bonds is 6. The maximum atomic E-state index is 2.60. The first-order valence-corrected chi connectivity index (χ1v) is 9.80. The average molecular weight is 248 g/mol. The minimum Gasteiger partial charge on any atom is -0.0656 e. The first kappa shape index (κ1) is 14.5. The molecular formula is C16H28Si. The van der Waals surface area contributed by atoms with Crippen molar-refractivity contribution in [1.29, 1.82) is 0 Å². The average Bonchev–Trinajstić information content (AvgIpc) is 2.38. The van der Waals surface area contributed by atoms with Crippen LogP contribution in [-0.2, 0) is 0 Å². The summed E-state index contributed by atoms with van der Waals surface area (Å²) in [5, 5.41) is 2.18. The van der Waals surface area contributed by atoms with E-state index in [1.54, 1.807) is 5.19 Å². The molecule has 0 radical (unpaired) electrons. The molecular weight excluding hydrogens is 220 g/mol. The molecule has 0 aromatic heterocycles. The molecule has 1 unspecified atom stereocenters. The van der Waals surface area contributed by atoms with Crippen LogP contribution in [0.15, 0.2) is 30.3 Å². The van der Waals surface area contributed by atoms with Gasteiger partial charge in [0.25, 0.3) is 0 Å². The first-order chi connectivity index (χ1) is 8.04. The van der Waals surface area contributed by atoms with Gasteiger partial charge >= 0.3 is 0 Å². The summed E-state index contributed by atoms with van der Waals surface area (Å²) >= 11 is 0. The van der Waals surface area contributed by atoms with Crippen molar-refractivity contribution in [3.8, 4) is 0 Å². The topological polar surface area (TPSA) is 0 Å². The second kappa shape index (κ2) is 5.86. The molecule has 0 heterocycles. The van der Waals surface area contributed by atoms with E-state index in [-0.39, 0.29) is 0 Å². The van der Waals surface area contributed by atoms with Gasteiger partial charge in [-0.15, -0.1) is 0 Å². The molecule has 0 saturated carbocycles. The Morgan fingerprint density at radius 3 is 1.94 bits per heavy atom. The third-order valence-electron chi connectivity index (χ3n) is 5.05. The van der Waals surface area contributed by atoms with Crippen molar-refractivity contribution in [3.63, 3.8) is 0 Å². The molecule has 0 aliphatic heterocycles. The fourth-order valence-electron chi connectivity index (χ4n) is 3.13. The van der Waals surface area contributed by atoms with Gasteiger partial charge in [-0.3, -0.25) is 0 Å². The fraction of sp³-hybridized carbons (Fsp3) is 0.625. The summed E-state index contributed by atoms with van der Waals surface area (Å²) in [6.07, 6.45) is 3.93. The summed E-state index contributed by atoms with van der Waals surface area (Å²) in [4.78, 5) is 0. The number of benzene rings is 1. The van der Waals surface area contributed by atoms with Gasteiger partial charge in [0.1, 0.15) is 0 Å². The maximum absolute atomic E-state index is 2.60. The van der Waals surface area contributed by atoms with E-state index in [9.17, 15) is 0 Å². The van der Waals surface area contributed by atoms with Gasteiger partial charge in [-0.1, -0.05) is 95.1 Å². The van der Waals surface area contributed by atoms with Crippen molar-refractivity contribution < 1.29 is 0 Å². The second-order valence-corrected chi connectivity index (χ2v) is 10.7. The lowest BCUT2D eigenvalue weighted by atomic mass is 10.1. The molecule has 0 amide bonds. The van der Waals surface area contributed by atoms with Crippen LogP contribution in [0.5, 0.6) is 0 Å². The molecule has 1 atom stereocenters. The summed E-state index contributed by atoms with van der Waals surface area (Å²) in [5.74, 6) is 0. The van der Waals surface area contributed by atoms with Crippen LogP contribution in [0.4, 0.5) is 0 Å². The van der Waals surface area contributed by atoms with Gasteiger partial charge in [-0.25, -0.2) is 0 Å². The lowest BCUT2D eigenvalue weighted by molar-refractivity contribution is 0.541. The second-order valence-electron chi connectivity index (χ2n) is 5.72. The van der Waals surface area contributed by atoms with E-state index in [1.807, 2.05) is 0 Å². The van der Waals surface area contributed by atoms with Gasteiger partial charge in [0.15, 0.2) is 0 Å². The van der Waals surface area contributed by atoms with Crippen LogP contribution < -0.4 is 5.19 Å². The van der Waals surface area contributed by atoms with Crippen molar-refractivity contribution in [3.05, 3.63) is 30.3 Å². The van der Waals surface area contributed by atoms with Crippen molar-refractivity contribution >= 4 is 13.3 Å². The summed E-state index contributed by atoms with van der Waals surface area (Å²) in [5.41, 5.74) is 0. The van der Waals surface area contributed by atoms with E-state index in [0.29, 0.717) is 5.04 Å². The zero-order chi connectivity index (χ0) is 12.9. The smallest absolute Gasteiger partial charge is 0.0656 e. The van der Waals surface area contributed by atoms with Crippen molar-refractivity contribution in [2.75, 3.05) is 0 Å². The van der Waals surface area contributed by atoms with Crippen LogP contribution in [0.3, 0.4) is 0 Å². The highest BCUT2D eigenvalue weighted by Crippen LogP contribution is 2.46. The molecule has 0 aliphatic rings. The van der Waals surface area contributed by atoms with Gasteiger partial charge in [-0.05, 0) is 5.04 Å². The minimum atomic E-state index is -1.38. The molecule has 0 aliphatic carbocycles. The van der Waals surface area contributed by atoms with Crippen molar-refractivity contribution in [2.24, 2.45) is 0 Å². The molecule has 0 bridgehead atoms. The molecule has 0 nitrogen and oxygen atoms in total. The number of hydrogen-bond donors (Lipinski definition) is 0. The molecule has 1 aromatic carbocycles. The van der Waals surface area contributed by atoms with Crippen LogP contribution in [0, 0.1) is 0 Å². The summed E-state index contributed by atoms with van der Waals surface area (Å²) in [6, 6.07) is 12.7. The van der Waals surface area contributed by atoms with Crippen molar-refractivity contribution in [2.45, 2.75) is 64.6 Å². The molecule has 96 valence electrons. The van der Waals surface area contributed by atoms with Gasteiger partial charge in [-0.2, -0.15) is 0 Å². The highest BCUT2D eigenvalue weighted by Gasteiger charge is 2.44. The standard InChI is InChI=1S/C16H28Si/c1-6-14-17(5,16(4,7-2)8-3)15-12-10-9-11-13-15/h9-13H,6-8,14H2,1-5H3. The summed E-state index contributed by atoms with van der Waals surface area (Å²) < 4.78 is 0. The SMILES string of the molecule is CCC[Si](C)(c1ccccc1)C(C)(CC)CC. The summed E-state index contributed by atoms with van der Waals surface area (Å²) in [7, 11) is -1.38. The van der Waals surface area contributed by atoms with E-state index >= 15 is 0 Å². The Kier molecular flexibility index (Phi) is 5.00. The Bertz CT molecular complexity index is 327. The first-order valence-electron chi connectivity index (χ1n) is 7.09. The fourth-order valence-corrected chi connectivity index (χ4v) is 8.21. The van der Waals surface area contributed by atoms with E-state index in [2.05, 4.69) is 64.6 Å². The van der Waals surface area contributed by atoms with Gasteiger partial charge in [0.2, 0.25) is 0 Å². The number of hydrogen-bond acceptors (Lipinski definition) is 0. The Morgan fingerprint density at radius 2 is 1.53 bits per heavy atom. The van der Waals surface area contributed by atoms with Crippen LogP contribution in [0.1, 0.15) is 47.0 Å². The Morgan fingerprint density at radius 1 is 1.00 bits per heavy atom. The largest absolute Gasteiger partial charge is 0.0894 e. The Balaban J connectivity index is 3.22. The van der Waals surface area contributed by atoms with E-state index in [4.69, 9.17) is 0 Å². The Hall–Kier alpha value is -0.563. The van der Waals surface area contributed by atoms with Crippen molar-refractivity contribution in [1.82, 2.24) is 0 Å². The molecule has 1 rings (SSSR count). The Labute approximate surface area is 108 Å². The monoisotopic (exact) mass is 248 g/mol. The maximum Gasteiger partial charge on any atom is 0.0894 e. The third kappa shape index (κ3) is 2.65. The third-order valence-corrected chi connectivity index (χ3v) is 11.5. The quantitative estimate of drug-likeness (QED) is 0.624. The zero-order valence-corrected chi connectivity index (χ0v) is 13.2. The molecule has 0 saturated heterocycles. The lowest BCUT2D eigenvalue weighted by Crippen LogP contribution is -2.53. The molecule has 1 heteroatoms. The molecule has 1 aromatic rings. The molecule has 0 spiro atoms. The van der Waals surface area contributed by atoms with E-state index < -0.39 is 8.07 Å². The highest BCUT2D eigenvalue weighted by atomic mass is 28.3. The molecule has 17 heavy (non-hydrogen) atoms. The van der Waals surface area contributed by atoms with Crippen LogP contribution in [-0.4, -0.2) is 8.07 Å². The predicted octanol–water partition coefficient (Wildman–Crippen LogP) is 4.96. The normalized spacial score (nSPS) is 15.6. The van der Waals surface area contributed by atoms with E-state index in [1.165, 1.54) is 25.3 Å². The minimum absolute atomic E-state index is 0.532. The zero-order valence-electron chi connectivity index (χ0n) is 12.2.